The summed E-state index contributed by atoms with van der Waals surface area (Å²) in [6, 6.07) is 2.49. The predicted octanol–water partition coefficient (Wildman–Crippen LogP) is 6.52. The largest absolute Gasteiger partial charge is 0.416 e. The lowest BCUT2D eigenvalue weighted by Crippen LogP contribution is -2.57. The number of urea groups is 1. The van der Waals surface area contributed by atoms with Gasteiger partial charge in [0.1, 0.15) is 5.82 Å². The first-order chi connectivity index (χ1) is 18.9. The Morgan fingerprint density at radius 2 is 1.64 bits per heavy atom. The first kappa shape index (κ1) is 33.4. The molecule has 0 aromatic heterocycles. The Hall–Kier alpha value is -3.06. The summed E-state index contributed by atoms with van der Waals surface area (Å²) in [5.41, 5.74) is 2.91. The summed E-state index contributed by atoms with van der Waals surface area (Å²) in [6.45, 7) is 3.21. The van der Waals surface area contributed by atoms with E-state index in [2.05, 4.69) is 5.32 Å². The molecule has 42 heavy (non-hydrogen) atoms. The zero-order chi connectivity index (χ0) is 30.5. The lowest BCUT2D eigenvalue weighted by Gasteiger charge is -2.47. The van der Waals surface area contributed by atoms with Gasteiger partial charge in [0.25, 0.3) is 0 Å². The van der Waals surface area contributed by atoms with E-state index in [0.717, 1.165) is 4.90 Å². The minimum Gasteiger partial charge on any atom is -0.368 e. The Balaban J connectivity index is 0.00000484. The van der Waals surface area contributed by atoms with E-state index >= 15 is 0 Å². The number of alkyl halides is 6. The van der Waals surface area contributed by atoms with Crippen LogP contribution in [0.25, 0.3) is 0 Å². The van der Waals surface area contributed by atoms with Crippen LogP contribution in [-0.4, -0.2) is 46.9 Å². The summed E-state index contributed by atoms with van der Waals surface area (Å²) in [5, 5.41) is 3.30. The average molecular weight is 625 g/mol. The Morgan fingerprint density at radius 1 is 1.05 bits per heavy atom. The van der Waals surface area contributed by atoms with E-state index in [0.29, 0.717) is 48.9 Å². The molecule has 2 saturated heterocycles. The smallest absolute Gasteiger partial charge is 0.368 e. The fraction of sp³-hybridized carbons (Fsp3) is 0.500. The van der Waals surface area contributed by atoms with Crippen molar-refractivity contribution >= 4 is 24.3 Å². The number of carbonyl (C=O) groups is 2. The molecule has 3 amide bonds. The van der Waals surface area contributed by atoms with Crippen LogP contribution in [0, 0.1) is 12.7 Å². The molecule has 0 aliphatic carbocycles. The lowest BCUT2D eigenvalue weighted by atomic mass is 9.79. The third-order valence-corrected chi connectivity index (χ3v) is 8.34. The standard InChI is InChI=1S/C28H31F7N4O2.ClH/c1-15-10-20(29)4-5-21(15)23-14-26(7-6-22(37-26)24(36)40)8-9-39(23)25(41)38(3)16(2)17-11-18(27(30,31)32)13-19(12-17)28(33,34)35;/h4-5,10-13,16,22-23,37H,6-9,14H2,1-3H3,(H2,36,40);1H/t16-,22?,23?,26?;/m0./s1. The number of amides is 3. The molecular weight excluding hydrogens is 593 g/mol. The number of carbonyl (C=O) groups excluding carboxylic acids is 2. The molecule has 2 aromatic rings. The van der Waals surface area contributed by atoms with Crippen molar-refractivity contribution in [2.75, 3.05) is 13.6 Å². The fourth-order valence-electron chi connectivity index (χ4n) is 5.91. The van der Waals surface area contributed by atoms with Crippen LogP contribution >= 0.6 is 12.4 Å². The van der Waals surface area contributed by atoms with Crippen molar-refractivity contribution in [3.05, 3.63) is 70.0 Å². The summed E-state index contributed by atoms with van der Waals surface area (Å²) in [6.07, 6.45) is -8.16. The molecule has 0 bridgehead atoms. The van der Waals surface area contributed by atoms with Crippen LogP contribution in [-0.2, 0) is 17.1 Å². The van der Waals surface area contributed by atoms with Gasteiger partial charge in [0.05, 0.1) is 29.3 Å². The molecule has 0 saturated carbocycles. The molecule has 3 N–H and O–H groups in total. The van der Waals surface area contributed by atoms with Crippen LogP contribution in [0.4, 0.5) is 35.5 Å². The van der Waals surface area contributed by atoms with Gasteiger partial charge >= 0.3 is 18.4 Å². The molecule has 2 aliphatic rings. The van der Waals surface area contributed by atoms with Crippen molar-refractivity contribution in [3.8, 4) is 0 Å². The number of piperidine rings is 1. The molecule has 0 radical (unpaired) electrons. The van der Waals surface area contributed by atoms with Crippen molar-refractivity contribution in [2.45, 2.75) is 75.5 Å². The number of hydrogen-bond acceptors (Lipinski definition) is 3. The Labute approximate surface area is 244 Å². The predicted molar refractivity (Wildman–Crippen MR) is 143 cm³/mol. The molecule has 6 nitrogen and oxygen atoms in total. The van der Waals surface area contributed by atoms with Crippen molar-refractivity contribution < 1.29 is 40.3 Å². The highest BCUT2D eigenvalue weighted by molar-refractivity contribution is 5.85. The summed E-state index contributed by atoms with van der Waals surface area (Å²) in [7, 11) is 1.32. The number of rotatable bonds is 4. The molecule has 14 heteroatoms. The van der Waals surface area contributed by atoms with Gasteiger partial charge in [-0.05, 0) is 86.6 Å². The Bertz CT molecular complexity index is 1300. The van der Waals surface area contributed by atoms with Crippen LogP contribution in [0.5, 0.6) is 0 Å². The summed E-state index contributed by atoms with van der Waals surface area (Å²) < 4.78 is 94.7. The van der Waals surface area contributed by atoms with E-state index in [9.17, 15) is 40.3 Å². The Morgan fingerprint density at radius 3 is 2.14 bits per heavy atom. The van der Waals surface area contributed by atoms with E-state index in [1.807, 2.05) is 0 Å². The monoisotopic (exact) mass is 624 g/mol. The maximum absolute atomic E-state index is 13.9. The molecule has 3 unspecified atom stereocenters. The van der Waals surface area contributed by atoms with Gasteiger partial charge in [-0.25, -0.2) is 9.18 Å². The summed E-state index contributed by atoms with van der Waals surface area (Å²) >= 11 is 0. The molecule has 232 valence electrons. The number of hydrogen-bond donors (Lipinski definition) is 2. The van der Waals surface area contributed by atoms with E-state index in [1.54, 1.807) is 13.0 Å². The minimum absolute atomic E-state index is 0. The maximum atomic E-state index is 13.9. The number of aryl methyl sites for hydroxylation is 1. The van der Waals surface area contributed by atoms with Crippen LogP contribution < -0.4 is 11.1 Å². The fourth-order valence-corrected chi connectivity index (χ4v) is 5.91. The zero-order valence-electron chi connectivity index (χ0n) is 23.1. The third-order valence-electron chi connectivity index (χ3n) is 8.34. The molecular formula is C28H32ClF7N4O2. The number of halogens is 8. The van der Waals surface area contributed by atoms with Crippen LogP contribution in [0.15, 0.2) is 36.4 Å². The van der Waals surface area contributed by atoms with Crippen molar-refractivity contribution in [1.29, 1.82) is 0 Å². The van der Waals surface area contributed by atoms with Gasteiger partial charge in [-0.3, -0.25) is 4.79 Å². The van der Waals surface area contributed by atoms with Crippen molar-refractivity contribution in [1.82, 2.24) is 15.1 Å². The molecule has 4 atom stereocenters. The highest BCUT2D eigenvalue weighted by atomic mass is 35.5. The first-order valence-corrected chi connectivity index (χ1v) is 13.1. The van der Waals surface area contributed by atoms with Crippen molar-refractivity contribution in [2.24, 2.45) is 5.73 Å². The minimum atomic E-state index is -5.03. The summed E-state index contributed by atoms with van der Waals surface area (Å²) in [4.78, 5) is 28.3. The summed E-state index contributed by atoms with van der Waals surface area (Å²) in [5.74, 6) is -0.971. The van der Waals surface area contributed by atoms with Crippen molar-refractivity contribution in [3.63, 3.8) is 0 Å². The number of likely N-dealkylation sites (tertiary alicyclic amines) is 1. The van der Waals surface area contributed by atoms with Gasteiger partial charge < -0.3 is 20.9 Å². The molecule has 1 spiro atoms. The highest BCUT2D eigenvalue weighted by Crippen LogP contribution is 2.44. The van der Waals surface area contributed by atoms with Gasteiger partial charge in [0.15, 0.2) is 0 Å². The van der Waals surface area contributed by atoms with Crippen LogP contribution in [0.1, 0.15) is 72.5 Å². The number of nitrogens with zero attached hydrogens (tertiary/aromatic N) is 2. The number of benzene rings is 2. The second-order valence-corrected chi connectivity index (χ2v) is 11.0. The Kier molecular flexibility index (Phi) is 9.48. The number of nitrogens with one attached hydrogen (secondary N) is 1. The molecule has 2 fully saturated rings. The first-order valence-electron chi connectivity index (χ1n) is 13.1. The van der Waals surface area contributed by atoms with Gasteiger partial charge in [-0.15, -0.1) is 12.4 Å². The van der Waals surface area contributed by atoms with E-state index in [4.69, 9.17) is 5.73 Å². The average Bonchev–Trinajstić information content (AvgIpc) is 3.29. The molecule has 4 rings (SSSR count). The van der Waals surface area contributed by atoms with E-state index < -0.39 is 64.9 Å². The van der Waals surface area contributed by atoms with Crippen LogP contribution in [0.2, 0.25) is 0 Å². The third kappa shape index (κ3) is 6.77. The van der Waals surface area contributed by atoms with Gasteiger partial charge in [0, 0.05) is 19.1 Å². The SMILES string of the molecule is Cc1cc(F)ccc1C1CC2(CCC(C(N)=O)N2)CCN1C(=O)N(C)[C@@H](C)c1cc(C(F)(F)F)cc(C(F)(F)F)c1.Cl. The molecule has 2 aliphatic heterocycles. The van der Waals surface area contributed by atoms with E-state index in [1.165, 1.54) is 31.0 Å². The topological polar surface area (TPSA) is 78.7 Å². The number of nitrogens with two attached hydrogens (primary N) is 1. The molecule has 2 heterocycles. The van der Waals surface area contributed by atoms with Gasteiger partial charge in [-0.1, -0.05) is 6.07 Å². The van der Waals surface area contributed by atoms with E-state index in [-0.39, 0.29) is 30.6 Å². The second-order valence-electron chi connectivity index (χ2n) is 11.0. The number of primary amides is 1. The molecule has 2 aromatic carbocycles. The van der Waals surface area contributed by atoms with Gasteiger partial charge in [0.2, 0.25) is 5.91 Å². The lowest BCUT2D eigenvalue weighted by molar-refractivity contribution is -0.143. The quantitative estimate of drug-likeness (QED) is 0.380. The normalized spacial score (nSPS) is 23.4. The van der Waals surface area contributed by atoms with Crippen LogP contribution in [0.3, 0.4) is 0 Å². The highest BCUT2D eigenvalue weighted by Gasteiger charge is 2.48. The maximum Gasteiger partial charge on any atom is 0.416 e. The zero-order valence-corrected chi connectivity index (χ0v) is 23.9. The second kappa shape index (κ2) is 11.9. The van der Waals surface area contributed by atoms with Gasteiger partial charge in [-0.2, -0.15) is 26.3 Å².